The fourth-order valence-electron chi connectivity index (χ4n) is 1.97. The number of carbonyl (C=O) groups excluding carboxylic acids is 1. The number of ketones is 1. The molecule has 0 spiro atoms. The Bertz CT molecular complexity index is 402. The van der Waals surface area contributed by atoms with Crippen LogP contribution in [0.4, 0.5) is 0 Å². The Labute approximate surface area is 105 Å². The Morgan fingerprint density at radius 1 is 1.56 bits per heavy atom. The number of carbonyl (C=O) groups is 1. The summed E-state index contributed by atoms with van der Waals surface area (Å²) in [6.07, 6.45) is 3.98. The van der Waals surface area contributed by atoms with Crippen molar-refractivity contribution in [2.45, 2.75) is 23.8 Å². The lowest BCUT2D eigenvalue weighted by Gasteiger charge is -2.12. The summed E-state index contributed by atoms with van der Waals surface area (Å²) < 4.78 is 0. The van der Waals surface area contributed by atoms with Gasteiger partial charge < -0.3 is 5.32 Å². The van der Waals surface area contributed by atoms with Crippen molar-refractivity contribution in [3.63, 3.8) is 0 Å². The van der Waals surface area contributed by atoms with Gasteiger partial charge in [-0.1, -0.05) is 11.6 Å². The molecule has 1 atom stereocenters. The SMILES string of the molecule is CSc1ccc(Cl)cc1C(=O)C1CCCN1. The first-order valence-corrected chi connectivity index (χ1v) is 6.94. The van der Waals surface area contributed by atoms with E-state index in [0.29, 0.717) is 5.02 Å². The van der Waals surface area contributed by atoms with Crippen LogP contribution >= 0.6 is 23.4 Å². The van der Waals surface area contributed by atoms with Crippen LogP contribution in [0.2, 0.25) is 5.02 Å². The van der Waals surface area contributed by atoms with E-state index >= 15 is 0 Å². The minimum atomic E-state index is -0.0237. The monoisotopic (exact) mass is 255 g/mol. The van der Waals surface area contributed by atoms with Crippen LogP contribution < -0.4 is 5.32 Å². The predicted octanol–water partition coefficient (Wildman–Crippen LogP) is 3.00. The maximum absolute atomic E-state index is 12.2. The fourth-order valence-corrected chi connectivity index (χ4v) is 2.72. The van der Waals surface area contributed by atoms with Crippen molar-refractivity contribution in [2.75, 3.05) is 12.8 Å². The van der Waals surface area contributed by atoms with Crippen molar-refractivity contribution in [3.8, 4) is 0 Å². The van der Waals surface area contributed by atoms with Gasteiger partial charge >= 0.3 is 0 Å². The molecule has 1 heterocycles. The smallest absolute Gasteiger partial charge is 0.180 e. The molecule has 1 unspecified atom stereocenters. The van der Waals surface area contributed by atoms with E-state index in [9.17, 15) is 4.79 Å². The van der Waals surface area contributed by atoms with Crippen LogP contribution in [0.3, 0.4) is 0 Å². The van der Waals surface area contributed by atoms with Gasteiger partial charge in [-0.3, -0.25) is 4.79 Å². The molecule has 0 aliphatic carbocycles. The van der Waals surface area contributed by atoms with Crippen molar-refractivity contribution in [2.24, 2.45) is 0 Å². The van der Waals surface area contributed by atoms with Gasteiger partial charge in [0, 0.05) is 15.5 Å². The summed E-state index contributed by atoms with van der Waals surface area (Å²) in [5.41, 5.74) is 0.749. The average Bonchev–Trinajstić information content (AvgIpc) is 2.81. The second kappa shape index (κ2) is 5.21. The fraction of sp³-hybridized carbons (Fsp3) is 0.417. The van der Waals surface area contributed by atoms with Crippen LogP contribution in [0.5, 0.6) is 0 Å². The van der Waals surface area contributed by atoms with Crippen molar-refractivity contribution in [1.29, 1.82) is 0 Å². The van der Waals surface area contributed by atoms with E-state index in [4.69, 9.17) is 11.6 Å². The third-order valence-corrected chi connectivity index (χ3v) is 3.83. The molecule has 16 heavy (non-hydrogen) atoms. The Morgan fingerprint density at radius 3 is 3.00 bits per heavy atom. The average molecular weight is 256 g/mol. The van der Waals surface area contributed by atoms with E-state index < -0.39 is 0 Å². The molecule has 0 aromatic heterocycles. The molecule has 1 saturated heterocycles. The van der Waals surface area contributed by atoms with Crippen molar-refractivity contribution in [1.82, 2.24) is 5.32 Å². The van der Waals surface area contributed by atoms with Crippen LogP contribution in [0.15, 0.2) is 23.1 Å². The molecule has 1 fully saturated rings. The number of thioether (sulfide) groups is 1. The van der Waals surface area contributed by atoms with E-state index in [1.807, 2.05) is 18.4 Å². The maximum atomic E-state index is 12.2. The van der Waals surface area contributed by atoms with Gasteiger partial charge in [-0.2, -0.15) is 0 Å². The van der Waals surface area contributed by atoms with E-state index in [-0.39, 0.29) is 11.8 Å². The standard InChI is InChI=1S/C12H14ClNOS/c1-16-11-5-4-8(13)7-9(11)12(15)10-3-2-6-14-10/h4-5,7,10,14H,2-3,6H2,1H3. The second-order valence-corrected chi connectivity index (χ2v) is 5.14. The Kier molecular flexibility index (Phi) is 3.90. The minimum absolute atomic E-state index is 0.0237. The highest BCUT2D eigenvalue weighted by Gasteiger charge is 2.25. The lowest BCUT2D eigenvalue weighted by Crippen LogP contribution is -2.31. The molecule has 1 aliphatic rings. The van der Waals surface area contributed by atoms with Gasteiger partial charge in [0.1, 0.15) is 0 Å². The molecule has 2 nitrogen and oxygen atoms in total. The Morgan fingerprint density at radius 2 is 2.38 bits per heavy atom. The number of hydrogen-bond donors (Lipinski definition) is 1. The lowest BCUT2D eigenvalue weighted by atomic mass is 10.0. The summed E-state index contributed by atoms with van der Waals surface area (Å²) in [6.45, 7) is 0.936. The molecule has 1 N–H and O–H groups in total. The van der Waals surface area contributed by atoms with Gasteiger partial charge in [-0.25, -0.2) is 0 Å². The zero-order valence-electron chi connectivity index (χ0n) is 9.13. The van der Waals surface area contributed by atoms with Crippen molar-refractivity contribution in [3.05, 3.63) is 28.8 Å². The quantitative estimate of drug-likeness (QED) is 0.665. The lowest BCUT2D eigenvalue weighted by molar-refractivity contribution is 0.0949. The number of hydrogen-bond acceptors (Lipinski definition) is 3. The summed E-state index contributed by atoms with van der Waals surface area (Å²) in [5, 5.41) is 3.85. The molecule has 0 amide bonds. The molecule has 0 saturated carbocycles. The molecule has 0 bridgehead atoms. The second-order valence-electron chi connectivity index (χ2n) is 3.86. The number of benzene rings is 1. The Balaban J connectivity index is 2.30. The number of nitrogens with one attached hydrogen (secondary N) is 1. The van der Waals surface area contributed by atoms with Crippen LogP contribution in [0.25, 0.3) is 0 Å². The molecule has 1 aromatic rings. The molecule has 2 rings (SSSR count). The van der Waals surface area contributed by atoms with Gasteiger partial charge in [0.05, 0.1) is 6.04 Å². The first-order chi connectivity index (χ1) is 7.72. The van der Waals surface area contributed by atoms with Gasteiger partial charge in [-0.05, 0) is 43.8 Å². The largest absolute Gasteiger partial charge is 0.307 e. The van der Waals surface area contributed by atoms with Gasteiger partial charge in [0.25, 0.3) is 0 Å². The number of halogens is 1. The first kappa shape index (κ1) is 12.0. The summed E-state index contributed by atoms with van der Waals surface area (Å²) in [7, 11) is 0. The van der Waals surface area contributed by atoms with Gasteiger partial charge in [0.15, 0.2) is 5.78 Å². The molecule has 0 radical (unpaired) electrons. The maximum Gasteiger partial charge on any atom is 0.180 e. The van der Waals surface area contributed by atoms with Gasteiger partial charge in [0.2, 0.25) is 0 Å². The predicted molar refractivity (Wildman–Crippen MR) is 68.6 cm³/mol. The topological polar surface area (TPSA) is 29.1 Å². The minimum Gasteiger partial charge on any atom is -0.307 e. The first-order valence-electron chi connectivity index (χ1n) is 5.33. The summed E-state index contributed by atoms with van der Waals surface area (Å²) in [5.74, 6) is 0.171. The molecule has 4 heteroatoms. The highest BCUT2D eigenvalue weighted by molar-refractivity contribution is 7.98. The third-order valence-electron chi connectivity index (χ3n) is 2.80. The normalized spacial score (nSPS) is 20.0. The van der Waals surface area contributed by atoms with E-state index in [2.05, 4.69) is 5.32 Å². The van der Waals surface area contributed by atoms with Crippen LogP contribution in [-0.2, 0) is 0 Å². The zero-order chi connectivity index (χ0) is 11.5. The van der Waals surface area contributed by atoms with E-state index in [1.54, 1.807) is 17.8 Å². The molecule has 86 valence electrons. The summed E-state index contributed by atoms with van der Waals surface area (Å²) in [4.78, 5) is 13.2. The zero-order valence-corrected chi connectivity index (χ0v) is 10.7. The molecular weight excluding hydrogens is 242 g/mol. The number of Topliss-reactive ketones (excluding diaryl/α,β-unsaturated/α-hetero) is 1. The molecular formula is C12H14ClNOS. The van der Waals surface area contributed by atoms with E-state index in [0.717, 1.165) is 29.8 Å². The summed E-state index contributed by atoms with van der Waals surface area (Å²) in [6, 6.07) is 5.49. The van der Waals surface area contributed by atoms with Crippen molar-refractivity contribution < 1.29 is 4.79 Å². The van der Waals surface area contributed by atoms with Crippen LogP contribution in [0.1, 0.15) is 23.2 Å². The summed E-state index contributed by atoms with van der Waals surface area (Å²) >= 11 is 7.53. The van der Waals surface area contributed by atoms with E-state index in [1.165, 1.54) is 0 Å². The van der Waals surface area contributed by atoms with Crippen molar-refractivity contribution >= 4 is 29.1 Å². The van der Waals surface area contributed by atoms with Crippen LogP contribution in [-0.4, -0.2) is 24.6 Å². The highest BCUT2D eigenvalue weighted by atomic mass is 35.5. The van der Waals surface area contributed by atoms with Gasteiger partial charge in [-0.15, -0.1) is 11.8 Å². The molecule has 1 aliphatic heterocycles. The third kappa shape index (κ3) is 2.42. The van der Waals surface area contributed by atoms with Crippen LogP contribution in [0, 0.1) is 0 Å². The number of rotatable bonds is 3. The highest BCUT2D eigenvalue weighted by Crippen LogP contribution is 2.26. The Hall–Kier alpha value is -0.510. The molecule has 1 aromatic carbocycles.